The van der Waals surface area contributed by atoms with Crippen molar-refractivity contribution < 1.29 is 0 Å². The average molecular weight is 216 g/mol. The van der Waals surface area contributed by atoms with Crippen molar-refractivity contribution in [2.24, 2.45) is 0 Å². The first-order valence-electron chi connectivity index (χ1n) is 5.96. The van der Waals surface area contributed by atoms with Crippen molar-refractivity contribution in [1.29, 1.82) is 5.26 Å². The summed E-state index contributed by atoms with van der Waals surface area (Å²) in [5.41, 5.74) is 0.812. The molecule has 0 fully saturated rings. The third-order valence-corrected chi connectivity index (χ3v) is 2.88. The topological polar surface area (TPSA) is 35.8 Å². The van der Waals surface area contributed by atoms with Crippen LogP contribution in [0.15, 0.2) is 30.3 Å². The van der Waals surface area contributed by atoms with Gasteiger partial charge in [0, 0.05) is 6.42 Å². The van der Waals surface area contributed by atoms with Crippen molar-refractivity contribution in [3.05, 3.63) is 35.9 Å². The summed E-state index contributed by atoms with van der Waals surface area (Å²) in [6.07, 6.45) is 2.66. The van der Waals surface area contributed by atoms with E-state index in [-0.39, 0.29) is 0 Å². The van der Waals surface area contributed by atoms with Crippen molar-refractivity contribution in [1.82, 2.24) is 5.32 Å². The van der Waals surface area contributed by atoms with E-state index in [1.165, 1.54) is 5.56 Å². The SMILES string of the molecule is CCCNC(C#N)(CC)Cc1ccccc1. The number of nitrogens with zero attached hydrogens (tertiary/aromatic N) is 1. The minimum absolute atomic E-state index is 0.405. The van der Waals surface area contributed by atoms with Crippen molar-refractivity contribution in [2.75, 3.05) is 6.54 Å². The van der Waals surface area contributed by atoms with E-state index in [2.05, 4.69) is 37.4 Å². The van der Waals surface area contributed by atoms with Gasteiger partial charge in [0.2, 0.25) is 0 Å². The lowest BCUT2D eigenvalue weighted by atomic mass is 9.89. The van der Waals surface area contributed by atoms with Crippen molar-refractivity contribution in [3.8, 4) is 6.07 Å². The van der Waals surface area contributed by atoms with E-state index in [0.717, 1.165) is 25.8 Å². The highest BCUT2D eigenvalue weighted by Crippen LogP contribution is 2.16. The molecular formula is C14H20N2. The lowest BCUT2D eigenvalue weighted by Crippen LogP contribution is -2.45. The fourth-order valence-electron chi connectivity index (χ4n) is 1.78. The molecule has 0 aliphatic heterocycles. The summed E-state index contributed by atoms with van der Waals surface area (Å²) in [4.78, 5) is 0. The first kappa shape index (κ1) is 12.7. The van der Waals surface area contributed by atoms with Crippen LogP contribution < -0.4 is 5.32 Å². The third-order valence-electron chi connectivity index (χ3n) is 2.88. The van der Waals surface area contributed by atoms with Gasteiger partial charge in [0.15, 0.2) is 0 Å². The maximum absolute atomic E-state index is 9.35. The van der Waals surface area contributed by atoms with Crippen LogP contribution in [0.1, 0.15) is 32.3 Å². The smallest absolute Gasteiger partial charge is 0.110 e. The highest BCUT2D eigenvalue weighted by Gasteiger charge is 2.26. The Morgan fingerprint density at radius 2 is 1.94 bits per heavy atom. The van der Waals surface area contributed by atoms with Gasteiger partial charge in [-0.05, 0) is 24.9 Å². The maximum Gasteiger partial charge on any atom is 0.110 e. The molecule has 1 N–H and O–H groups in total. The van der Waals surface area contributed by atoms with E-state index in [1.807, 2.05) is 18.2 Å². The van der Waals surface area contributed by atoms with Crippen LogP contribution in [-0.2, 0) is 6.42 Å². The Kier molecular flexibility index (Phi) is 5.01. The number of hydrogen-bond donors (Lipinski definition) is 1. The molecule has 2 heteroatoms. The van der Waals surface area contributed by atoms with Crippen molar-refractivity contribution in [3.63, 3.8) is 0 Å². The fraction of sp³-hybridized carbons (Fsp3) is 0.500. The Morgan fingerprint density at radius 3 is 2.44 bits per heavy atom. The van der Waals surface area contributed by atoms with Gasteiger partial charge in [0.05, 0.1) is 6.07 Å². The molecule has 0 aromatic heterocycles. The molecular weight excluding hydrogens is 196 g/mol. The second-order valence-electron chi connectivity index (χ2n) is 4.14. The third kappa shape index (κ3) is 3.36. The second kappa shape index (κ2) is 6.30. The van der Waals surface area contributed by atoms with Gasteiger partial charge in [-0.1, -0.05) is 44.2 Å². The molecule has 0 radical (unpaired) electrons. The predicted octanol–water partition coefficient (Wildman–Crippen LogP) is 2.90. The summed E-state index contributed by atoms with van der Waals surface area (Å²) in [5.74, 6) is 0. The molecule has 1 rings (SSSR count). The summed E-state index contributed by atoms with van der Waals surface area (Å²) in [5, 5.41) is 12.7. The molecule has 0 amide bonds. The van der Waals surface area contributed by atoms with Gasteiger partial charge in [0.1, 0.15) is 5.54 Å². The van der Waals surface area contributed by atoms with E-state index in [1.54, 1.807) is 0 Å². The summed E-state index contributed by atoms with van der Waals surface area (Å²) in [7, 11) is 0. The van der Waals surface area contributed by atoms with Crippen LogP contribution in [0.4, 0.5) is 0 Å². The van der Waals surface area contributed by atoms with Gasteiger partial charge in [0.25, 0.3) is 0 Å². The van der Waals surface area contributed by atoms with E-state index in [4.69, 9.17) is 0 Å². The van der Waals surface area contributed by atoms with Crippen molar-refractivity contribution in [2.45, 2.75) is 38.6 Å². The van der Waals surface area contributed by atoms with Gasteiger partial charge < -0.3 is 0 Å². The number of rotatable bonds is 6. The number of nitrogens with one attached hydrogen (secondary N) is 1. The quantitative estimate of drug-likeness (QED) is 0.793. The fourth-order valence-corrected chi connectivity index (χ4v) is 1.78. The molecule has 0 aliphatic rings. The van der Waals surface area contributed by atoms with E-state index >= 15 is 0 Å². The highest BCUT2D eigenvalue weighted by atomic mass is 15.0. The Labute approximate surface area is 98.3 Å². The van der Waals surface area contributed by atoms with Crippen LogP contribution in [-0.4, -0.2) is 12.1 Å². The monoisotopic (exact) mass is 216 g/mol. The molecule has 0 heterocycles. The van der Waals surface area contributed by atoms with Gasteiger partial charge in [-0.25, -0.2) is 0 Å². The van der Waals surface area contributed by atoms with E-state index in [9.17, 15) is 5.26 Å². The molecule has 0 saturated heterocycles. The Balaban J connectivity index is 2.75. The van der Waals surface area contributed by atoms with Gasteiger partial charge in [-0.2, -0.15) is 5.26 Å². The number of hydrogen-bond acceptors (Lipinski definition) is 2. The van der Waals surface area contributed by atoms with Crippen LogP contribution in [0, 0.1) is 11.3 Å². The summed E-state index contributed by atoms with van der Waals surface area (Å²) in [6, 6.07) is 12.6. The van der Waals surface area contributed by atoms with Gasteiger partial charge in [-0.15, -0.1) is 0 Å². The molecule has 0 bridgehead atoms. The second-order valence-corrected chi connectivity index (χ2v) is 4.14. The minimum atomic E-state index is -0.405. The van der Waals surface area contributed by atoms with E-state index < -0.39 is 5.54 Å². The van der Waals surface area contributed by atoms with Gasteiger partial charge >= 0.3 is 0 Å². The standard InChI is InChI=1S/C14H20N2/c1-3-10-16-14(4-2,12-15)11-13-8-6-5-7-9-13/h5-9,16H,3-4,10-11H2,1-2H3. The van der Waals surface area contributed by atoms with E-state index in [0.29, 0.717) is 0 Å². The molecule has 86 valence electrons. The first-order chi connectivity index (χ1) is 7.76. The zero-order valence-electron chi connectivity index (χ0n) is 10.2. The van der Waals surface area contributed by atoms with Crippen LogP contribution >= 0.6 is 0 Å². The molecule has 2 nitrogen and oxygen atoms in total. The minimum Gasteiger partial charge on any atom is -0.299 e. The molecule has 1 atom stereocenters. The molecule has 1 aromatic carbocycles. The predicted molar refractivity (Wildman–Crippen MR) is 67.1 cm³/mol. The van der Waals surface area contributed by atoms with Crippen LogP contribution in [0.2, 0.25) is 0 Å². The first-order valence-corrected chi connectivity index (χ1v) is 5.96. The highest BCUT2D eigenvalue weighted by molar-refractivity contribution is 5.22. The largest absolute Gasteiger partial charge is 0.299 e. The number of nitriles is 1. The average Bonchev–Trinajstić information content (AvgIpc) is 2.36. The molecule has 1 aromatic rings. The zero-order valence-corrected chi connectivity index (χ0v) is 10.2. The Hall–Kier alpha value is -1.33. The summed E-state index contributed by atoms with van der Waals surface area (Å²) >= 11 is 0. The number of benzene rings is 1. The Morgan fingerprint density at radius 1 is 1.25 bits per heavy atom. The lowest BCUT2D eigenvalue weighted by Gasteiger charge is -2.26. The lowest BCUT2D eigenvalue weighted by molar-refractivity contribution is 0.397. The molecule has 0 spiro atoms. The molecule has 16 heavy (non-hydrogen) atoms. The Bertz CT molecular complexity index is 340. The normalized spacial score (nSPS) is 14.1. The molecule has 0 saturated carbocycles. The van der Waals surface area contributed by atoms with Crippen LogP contribution in [0.5, 0.6) is 0 Å². The van der Waals surface area contributed by atoms with Crippen molar-refractivity contribution >= 4 is 0 Å². The van der Waals surface area contributed by atoms with Gasteiger partial charge in [-0.3, -0.25) is 5.32 Å². The summed E-state index contributed by atoms with van der Waals surface area (Å²) < 4.78 is 0. The van der Waals surface area contributed by atoms with Crippen LogP contribution in [0.25, 0.3) is 0 Å². The summed E-state index contributed by atoms with van der Waals surface area (Å²) in [6.45, 7) is 5.08. The molecule has 1 unspecified atom stereocenters. The molecule has 0 aliphatic carbocycles. The van der Waals surface area contributed by atoms with Crippen LogP contribution in [0.3, 0.4) is 0 Å². The zero-order chi connectivity index (χ0) is 11.9. The maximum atomic E-state index is 9.35.